The van der Waals surface area contributed by atoms with E-state index in [2.05, 4.69) is 10.3 Å². The van der Waals surface area contributed by atoms with Crippen molar-refractivity contribution in [3.8, 4) is 0 Å². The standard InChI is InChI=1S/C16H16N2O2/c1-10-7-8-15(20-10)11(2)18-16(19)13-9-17-14-6-4-3-5-12(13)14/h3-9,11,17H,1-2H3,(H,18,19). The average molecular weight is 268 g/mol. The smallest absolute Gasteiger partial charge is 0.254 e. The molecule has 1 amide bonds. The number of rotatable bonds is 3. The molecule has 0 saturated heterocycles. The molecule has 2 heterocycles. The summed E-state index contributed by atoms with van der Waals surface area (Å²) in [5.74, 6) is 1.49. The number of H-pyrrole nitrogens is 1. The third-order valence-electron chi connectivity index (χ3n) is 3.37. The number of para-hydroxylation sites is 1. The number of aromatic nitrogens is 1. The van der Waals surface area contributed by atoms with Gasteiger partial charge in [0, 0.05) is 17.1 Å². The van der Waals surface area contributed by atoms with Crippen molar-refractivity contribution in [1.82, 2.24) is 10.3 Å². The van der Waals surface area contributed by atoms with E-state index in [1.807, 2.05) is 50.2 Å². The van der Waals surface area contributed by atoms with Gasteiger partial charge in [0.1, 0.15) is 11.5 Å². The van der Waals surface area contributed by atoms with E-state index in [9.17, 15) is 4.79 Å². The molecule has 0 spiro atoms. The van der Waals surface area contributed by atoms with Crippen LogP contribution < -0.4 is 5.32 Å². The minimum Gasteiger partial charge on any atom is -0.464 e. The minimum atomic E-state index is -0.162. The molecule has 0 fully saturated rings. The van der Waals surface area contributed by atoms with E-state index in [1.54, 1.807) is 6.20 Å². The lowest BCUT2D eigenvalue weighted by atomic mass is 10.1. The molecule has 20 heavy (non-hydrogen) atoms. The highest BCUT2D eigenvalue weighted by molar-refractivity contribution is 6.06. The lowest BCUT2D eigenvalue weighted by Gasteiger charge is -2.11. The van der Waals surface area contributed by atoms with Gasteiger partial charge in [-0.15, -0.1) is 0 Å². The van der Waals surface area contributed by atoms with Crippen molar-refractivity contribution in [1.29, 1.82) is 0 Å². The van der Waals surface area contributed by atoms with Gasteiger partial charge < -0.3 is 14.7 Å². The van der Waals surface area contributed by atoms with Gasteiger partial charge in [-0.2, -0.15) is 0 Å². The first kappa shape index (κ1) is 12.5. The number of aryl methyl sites for hydroxylation is 1. The van der Waals surface area contributed by atoms with Crippen LogP contribution >= 0.6 is 0 Å². The second-order valence-electron chi connectivity index (χ2n) is 4.89. The van der Waals surface area contributed by atoms with Crippen molar-refractivity contribution < 1.29 is 9.21 Å². The molecule has 0 aliphatic rings. The second kappa shape index (κ2) is 4.89. The zero-order valence-corrected chi connectivity index (χ0v) is 11.4. The fraction of sp³-hybridized carbons (Fsp3) is 0.188. The van der Waals surface area contributed by atoms with E-state index in [1.165, 1.54) is 0 Å². The van der Waals surface area contributed by atoms with E-state index in [0.29, 0.717) is 5.56 Å². The fourth-order valence-electron chi connectivity index (χ4n) is 2.29. The zero-order chi connectivity index (χ0) is 14.1. The molecule has 0 radical (unpaired) electrons. The summed E-state index contributed by atoms with van der Waals surface area (Å²) in [6, 6.07) is 11.4. The normalized spacial score (nSPS) is 12.5. The Balaban J connectivity index is 1.82. The molecule has 0 aliphatic carbocycles. The van der Waals surface area contributed by atoms with Crippen molar-refractivity contribution in [3.63, 3.8) is 0 Å². The number of hydrogen-bond donors (Lipinski definition) is 2. The van der Waals surface area contributed by atoms with Gasteiger partial charge in [-0.25, -0.2) is 0 Å². The van der Waals surface area contributed by atoms with Crippen molar-refractivity contribution >= 4 is 16.8 Å². The number of carbonyl (C=O) groups is 1. The maximum atomic E-state index is 12.3. The Labute approximate surface area is 116 Å². The van der Waals surface area contributed by atoms with Crippen molar-refractivity contribution in [2.75, 3.05) is 0 Å². The molecular formula is C16H16N2O2. The first-order chi connectivity index (χ1) is 9.65. The number of furan rings is 1. The highest BCUT2D eigenvalue weighted by Crippen LogP contribution is 2.20. The first-order valence-corrected chi connectivity index (χ1v) is 6.58. The number of benzene rings is 1. The Kier molecular flexibility index (Phi) is 3.06. The number of amides is 1. The highest BCUT2D eigenvalue weighted by atomic mass is 16.3. The van der Waals surface area contributed by atoms with Crippen LogP contribution in [0.5, 0.6) is 0 Å². The number of carbonyl (C=O) groups excluding carboxylic acids is 1. The molecular weight excluding hydrogens is 252 g/mol. The number of hydrogen-bond acceptors (Lipinski definition) is 2. The average Bonchev–Trinajstić information content (AvgIpc) is 3.04. The summed E-state index contributed by atoms with van der Waals surface area (Å²) >= 11 is 0. The summed E-state index contributed by atoms with van der Waals surface area (Å²) in [6.07, 6.45) is 1.74. The molecule has 1 atom stereocenters. The van der Waals surface area contributed by atoms with Crippen LogP contribution in [0.4, 0.5) is 0 Å². The van der Waals surface area contributed by atoms with E-state index in [-0.39, 0.29) is 11.9 Å². The zero-order valence-electron chi connectivity index (χ0n) is 11.4. The minimum absolute atomic E-state index is 0.107. The Bertz CT molecular complexity index is 755. The Morgan fingerprint density at radius 1 is 1.25 bits per heavy atom. The van der Waals surface area contributed by atoms with Crippen LogP contribution in [-0.4, -0.2) is 10.9 Å². The molecule has 1 unspecified atom stereocenters. The number of fused-ring (bicyclic) bond motifs is 1. The van der Waals surface area contributed by atoms with Gasteiger partial charge in [0.05, 0.1) is 11.6 Å². The fourth-order valence-corrected chi connectivity index (χ4v) is 2.29. The van der Waals surface area contributed by atoms with Crippen LogP contribution in [0.25, 0.3) is 10.9 Å². The third-order valence-corrected chi connectivity index (χ3v) is 3.37. The van der Waals surface area contributed by atoms with E-state index < -0.39 is 0 Å². The van der Waals surface area contributed by atoms with Crippen molar-refractivity contribution in [2.45, 2.75) is 19.9 Å². The topological polar surface area (TPSA) is 58.0 Å². The maximum absolute atomic E-state index is 12.3. The van der Waals surface area contributed by atoms with Gasteiger partial charge in [0.15, 0.2) is 0 Å². The van der Waals surface area contributed by atoms with E-state index >= 15 is 0 Å². The van der Waals surface area contributed by atoms with E-state index in [4.69, 9.17) is 4.42 Å². The van der Waals surface area contributed by atoms with Crippen LogP contribution in [0.2, 0.25) is 0 Å². The van der Waals surface area contributed by atoms with Crippen LogP contribution in [-0.2, 0) is 0 Å². The monoisotopic (exact) mass is 268 g/mol. The number of nitrogens with one attached hydrogen (secondary N) is 2. The first-order valence-electron chi connectivity index (χ1n) is 6.58. The van der Waals surface area contributed by atoms with Gasteiger partial charge >= 0.3 is 0 Å². The molecule has 3 aromatic rings. The molecule has 2 N–H and O–H groups in total. The number of aromatic amines is 1. The molecule has 4 nitrogen and oxygen atoms in total. The SMILES string of the molecule is Cc1ccc(C(C)NC(=O)c2c[nH]c3ccccc23)o1. The third kappa shape index (κ3) is 2.20. The van der Waals surface area contributed by atoms with Gasteiger partial charge in [0.2, 0.25) is 0 Å². The summed E-state index contributed by atoms with van der Waals surface area (Å²) < 4.78 is 5.53. The van der Waals surface area contributed by atoms with Crippen molar-refractivity contribution in [2.24, 2.45) is 0 Å². The largest absolute Gasteiger partial charge is 0.464 e. The molecule has 0 bridgehead atoms. The lowest BCUT2D eigenvalue weighted by Crippen LogP contribution is -2.26. The predicted molar refractivity (Wildman–Crippen MR) is 77.6 cm³/mol. The van der Waals surface area contributed by atoms with Gasteiger partial charge in [-0.3, -0.25) is 4.79 Å². The Hall–Kier alpha value is -2.49. The van der Waals surface area contributed by atoms with Gasteiger partial charge in [-0.1, -0.05) is 18.2 Å². The van der Waals surface area contributed by atoms with Crippen molar-refractivity contribution in [3.05, 3.63) is 59.7 Å². The Morgan fingerprint density at radius 3 is 2.80 bits per heavy atom. The maximum Gasteiger partial charge on any atom is 0.254 e. The molecule has 0 aliphatic heterocycles. The van der Waals surface area contributed by atoms with Crippen LogP contribution in [0, 0.1) is 6.92 Å². The second-order valence-corrected chi connectivity index (χ2v) is 4.89. The summed E-state index contributed by atoms with van der Waals surface area (Å²) in [7, 11) is 0. The molecule has 102 valence electrons. The summed E-state index contributed by atoms with van der Waals surface area (Å²) in [4.78, 5) is 15.4. The lowest BCUT2D eigenvalue weighted by molar-refractivity contribution is 0.0937. The highest BCUT2D eigenvalue weighted by Gasteiger charge is 2.16. The predicted octanol–water partition coefficient (Wildman–Crippen LogP) is 3.56. The van der Waals surface area contributed by atoms with Crippen LogP contribution in [0.1, 0.15) is 34.8 Å². The quantitative estimate of drug-likeness (QED) is 0.763. The molecule has 0 saturated carbocycles. The molecule has 2 aromatic heterocycles. The van der Waals surface area contributed by atoms with Gasteiger partial charge in [-0.05, 0) is 32.0 Å². The van der Waals surface area contributed by atoms with Gasteiger partial charge in [0.25, 0.3) is 5.91 Å². The molecule has 4 heteroatoms. The van der Waals surface area contributed by atoms with Crippen LogP contribution in [0.3, 0.4) is 0 Å². The van der Waals surface area contributed by atoms with E-state index in [0.717, 1.165) is 22.4 Å². The van der Waals surface area contributed by atoms with Crippen LogP contribution in [0.15, 0.2) is 47.0 Å². The summed E-state index contributed by atoms with van der Waals surface area (Å²) in [5.41, 5.74) is 1.61. The molecule has 3 rings (SSSR count). The molecule has 1 aromatic carbocycles. The summed E-state index contributed by atoms with van der Waals surface area (Å²) in [6.45, 7) is 3.79. The Morgan fingerprint density at radius 2 is 2.05 bits per heavy atom. The summed E-state index contributed by atoms with van der Waals surface area (Å²) in [5, 5.41) is 3.88.